The lowest BCUT2D eigenvalue weighted by Crippen LogP contribution is -2.07. The van der Waals surface area contributed by atoms with Crippen molar-refractivity contribution in [2.45, 2.75) is 32.3 Å². The molecule has 1 N–H and O–H groups in total. The summed E-state index contributed by atoms with van der Waals surface area (Å²) in [5, 5.41) is 9.34. The van der Waals surface area contributed by atoms with Gasteiger partial charge >= 0.3 is 0 Å². The first-order chi connectivity index (χ1) is 6.93. The summed E-state index contributed by atoms with van der Waals surface area (Å²) < 4.78 is 14.3. The molecule has 0 aliphatic rings. The average molecular weight is 296 g/mol. The van der Waals surface area contributed by atoms with Crippen molar-refractivity contribution in [3.63, 3.8) is 0 Å². The first kappa shape index (κ1) is 12.9. The molecule has 0 aromatic heterocycles. The molecule has 1 nitrogen and oxygen atoms in total. The van der Waals surface area contributed by atoms with E-state index in [9.17, 15) is 9.50 Å². The standard InChI is InChI=1S/C11H13BrClFO/c1-6(5-7(2)15)8-3-4-9(12)10(13)11(8)14/h3-4,6-7,15H,5H2,1-2H3. The Kier molecular flexibility index (Phi) is 4.56. The molecule has 0 saturated carbocycles. The van der Waals surface area contributed by atoms with E-state index in [0.29, 0.717) is 16.5 Å². The van der Waals surface area contributed by atoms with Gasteiger partial charge in [-0.05, 0) is 46.8 Å². The zero-order valence-electron chi connectivity index (χ0n) is 8.60. The van der Waals surface area contributed by atoms with E-state index >= 15 is 0 Å². The normalized spacial score (nSPS) is 15.1. The van der Waals surface area contributed by atoms with Gasteiger partial charge in [0.25, 0.3) is 0 Å². The highest BCUT2D eigenvalue weighted by molar-refractivity contribution is 9.10. The summed E-state index contributed by atoms with van der Waals surface area (Å²) in [6.45, 7) is 3.56. The maximum atomic E-state index is 13.7. The van der Waals surface area contributed by atoms with Crippen molar-refractivity contribution in [2.75, 3.05) is 0 Å². The van der Waals surface area contributed by atoms with Gasteiger partial charge in [-0.25, -0.2) is 4.39 Å². The number of halogens is 3. The molecule has 0 aliphatic heterocycles. The van der Waals surface area contributed by atoms with Gasteiger partial charge < -0.3 is 5.11 Å². The third kappa shape index (κ3) is 3.16. The monoisotopic (exact) mass is 294 g/mol. The fraction of sp³-hybridized carbons (Fsp3) is 0.455. The SMILES string of the molecule is CC(O)CC(C)c1ccc(Br)c(Cl)c1F. The van der Waals surface area contributed by atoms with E-state index in [2.05, 4.69) is 15.9 Å². The van der Waals surface area contributed by atoms with Crippen LogP contribution >= 0.6 is 27.5 Å². The fourth-order valence-corrected chi connectivity index (χ4v) is 2.04. The van der Waals surface area contributed by atoms with E-state index in [0.717, 1.165) is 0 Å². The van der Waals surface area contributed by atoms with E-state index in [1.54, 1.807) is 19.1 Å². The maximum absolute atomic E-state index is 13.7. The Balaban J connectivity index is 3.00. The van der Waals surface area contributed by atoms with Crippen molar-refractivity contribution in [3.05, 3.63) is 33.0 Å². The lowest BCUT2D eigenvalue weighted by molar-refractivity contribution is 0.176. The maximum Gasteiger partial charge on any atom is 0.146 e. The average Bonchev–Trinajstić information content (AvgIpc) is 2.13. The number of aliphatic hydroxyl groups is 1. The summed E-state index contributed by atoms with van der Waals surface area (Å²) in [4.78, 5) is 0. The lowest BCUT2D eigenvalue weighted by atomic mass is 9.95. The van der Waals surface area contributed by atoms with Crippen LogP contribution in [0.2, 0.25) is 5.02 Å². The lowest BCUT2D eigenvalue weighted by Gasteiger charge is -2.15. The highest BCUT2D eigenvalue weighted by Gasteiger charge is 2.16. The van der Waals surface area contributed by atoms with Crippen LogP contribution in [-0.4, -0.2) is 11.2 Å². The summed E-state index contributed by atoms with van der Waals surface area (Å²) in [6, 6.07) is 3.41. The number of rotatable bonds is 3. The molecule has 0 bridgehead atoms. The summed E-state index contributed by atoms with van der Waals surface area (Å²) in [6.07, 6.45) is 0.0799. The molecule has 2 atom stereocenters. The Morgan fingerprint density at radius 2 is 2.07 bits per heavy atom. The third-order valence-electron chi connectivity index (χ3n) is 2.29. The highest BCUT2D eigenvalue weighted by atomic mass is 79.9. The smallest absolute Gasteiger partial charge is 0.146 e. The topological polar surface area (TPSA) is 20.2 Å². The molecule has 0 fully saturated rings. The summed E-state index contributed by atoms with van der Waals surface area (Å²) >= 11 is 8.94. The van der Waals surface area contributed by atoms with Crippen LogP contribution in [-0.2, 0) is 0 Å². The predicted molar refractivity (Wildman–Crippen MR) is 63.8 cm³/mol. The molecular formula is C11H13BrClFO. The number of aliphatic hydroxyl groups excluding tert-OH is 1. The summed E-state index contributed by atoms with van der Waals surface area (Å²) in [5.74, 6) is -0.449. The second-order valence-electron chi connectivity index (χ2n) is 3.75. The Hall–Kier alpha value is -0.120. The van der Waals surface area contributed by atoms with Crippen molar-refractivity contribution in [3.8, 4) is 0 Å². The van der Waals surface area contributed by atoms with Gasteiger partial charge in [0, 0.05) is 4.47 Å². The van der Waals surface area contributed by atoms with Crippen molar-refractivity contribution < 1.29 is 9.50 Å². The Bertz CT molecular complexity index is 355. The largest absolute Gasteiger partial charge is 0.393 e. The molecule has 4 heteroatoms. The molecular weight excluding hydrogens is 282 g/mol. The van der Waals surface area contributed by atoms with Crippen LogP contribution in [0.15, 0.2) is 16.6 Å². The Labute approximate surface area is 102 Å². The van der Waals surface area contributed by atoms with Crippen LogP contribution in [0.25, 0.3) is 0 Å². The van der Waals surface area contributed by atoms with Crippen LogP contribution in [0.1, 0.15) is 31.7 Å². The van der Waals surface area contributed by atoms with Gasteiger partial charge in [0.1, 0.15) is 5.82 Å². The van der Waals surface area contributed by atoms with Gasteiger partial charge in [0.05, 0.1) is 11.1 Å². The molecule has 0 spiro atoms. The molecule has 0 heterocycles. The number of hydrogen-bond acceptors (Lipinski definition) is 1. The molecule has 84 valence electrons. The van der Waals surface area contributed by atoms with Crippen LogP contribution < -0.4 is 0 Å². The van der Waals surface area contributed by atoms with Crippen LogP contribution in [0.4, 0.5) is 4.39 Å². The van der Waals surface area contributed by atoms with Crippen LogP contribution in [0.5, 0.6) is 0 Å². The van der Waals surface area contributed by atoms with E-state index in [4.69, 9.17) is 11.6 Å². The molecule has 0 radical (unpaired) electrons. The van der Waals surface area contributed by atoms with Crippen molar-refractivity contribution in [1.29, 1.82) is 0 Å². The molecule has 1 rings (SSSR count). The van der Waals surface area contributed by atoms with Crippen LogP contribution in [0.3, 0.4) is 0 Å². The minimum absolute atomic E-state index is 0.0457. The second kappa shape index (κ2) is 5.28. The van der Waals surface area contributed by atoms with Gasteiger partial charge in [-0.3, -0.25) is 0 Å². The minimum atomic E-state index is -0.443. The predicted octanol–water partition coefficient (Wildman–Crippen LogP) is 4.12. The van der Waals surface area contributed by atoms with E-state index < -0.39 is 11.9 Å². The Morgan fingerprint density at radius 1 is 1.47 bits per heavy atom. The molecule has 0 aliphatic carbocycles. The van der Waals surface area contributed by atoms with Gasteiger partial charge in [-0.15, -0.1) is 0 Å². The van der Waals surface area contributed by atoms with Gasteiger partial charge in [0.15, 0.2) is 0 Å². The van der Waals surface area contributed by atoms with Gasteiger partial charge in [-0.2, -0.15) is 0 Å². The van der Waals surface area contributed by atoms with Crippen molar-refractivity contribution >= 4 is 27.5 Å². The molecule has 15 heavy (non-hydrogen) atoms. The molecule has 2 unspecified atom stereocenters. The first-order valence-electron chi connectivity index (χ1n) is 4.75. The second-order valence-corrected chi connectivity index (χ2v) is 4.98. The summed E-state index contributed by atoms with van der Waals surface area (Å²) in [5.41, 5.74) is 0.545. The Morgan fingerprint density at radius 3 is 2.60 bits per heavy atom. The van der Waals surface area contributed by atoms with Crippen molar-refractivity contribution in [1.82, 2.24) is 0 Å². The molecule has 0 saturated heterocycles. The van der Waals surface area contributed by atoms with Crippen molar-refractivity contribution in [2.24, 2.45) is 0 Å². The molecule has 0 amide bonds. The quantitative estimate of drug-likeness (QED) is 0.832. The van der Waals surface area contributed by atoms with E-state index in [1.807, 2.05) is 6.92 Å². The zero-order chi connectivity index (χ0) is 11.6. The molecule has 1 aromatic carbocycles. The molecule has 1 aromatic rings. The van der Waals surface area contributed by atoms with Crippen LogP contribution in [0, 0.1) is 5.82 Å². The first-order valence-corrected chi connectivity index (χ1v) is 5.92. The minimum Gasteiger partial charge on any atom is -0.393 e. The summed E-state index contributed by atoms with van der Waals surface area (Å²) in [7, 11) is 0. The number of benzene rings is 1. The van der Waals surface area contributed by atoms with Gasteiger partial charge in [0.2, 0.25) is 0 Å². The van der Waals surface area contributed by atoms with Gasteiger partial charge in [-0.1, -0.05) is 24.6 Å². The van der Waals surface area contributed by atoms with E-state index in [1.165, 1.54) is 0 Å². The number of hydrogen-bond donors (Lipinski definition) is 1. The fourth-order valence-electron chi connectivity index (χ4n) is 1.56. The van der Waals surface area contributed by atoms with E-state index in [-0.39, 0.29) is 10.9 Å². The highest BCUT2D eigenvalue weighted by Crippen LogP contribution is 2.32. The zero-order valence-corrected chi connectivity index (χ0v) is 10.9. The third-order valence-corrected chi connectivity index (χ3v) is 3.55.